The van der Waals surface area contributed by atoms with E-state index in [9.17, 15) is 4.79 Å². The van der Waals surface area contributed by atoms with E-state index in [1.165, 1.54) is 0 Å². The van der Waals surface area contributed by atoms with Crippen molar-refractivity contribution in [2.24, 2.45) is 0 Å². The first-order valence-corrected chi connectivity index (χ1v) is 7.52. The zero-order chi connectivity index (χ0) is 14.5. The van der Waals surface area contributed by atoms with Crippen LogP contribution in [-0.2, 0) is 0 Å². The van der Waals surface area contributed by atoms with E-state index in [1.807, 2.05) is 19.1 Å². The third-order valence-electron chi connectivity index (χ3n) is 2.79. The Kier molecular flexibility index (Phi) is 5.21. The molecule has 0 atom stereocenters. The van der Waals surface area contributed by atoms with E-state index in [0.717, 1.165) is 6.42 Å². The molecule has 0 aliphatic carbocycles. The number of carbonyl (C=O) groups excluding carboxylic acids is 1. The van der Waals surface area contributed by atoms with E-state index in [2.05, 4.69) is 15.9 Å². The van der Waals surface area contributed by atoms with Gasteiger partial charge in [0.15, 0.2) is 5.78 Å². The van der Waals surface area contributed by atoms with Crippen molar-refractivity contribution >= 4 is 33.3 Å². The zero-order valence-electron chi connectivity index (χ0n) is 11.0. The Morgan fingerprint density at radius 2 is 1.85 bits per heavy atom. The summed E-state index contributed by atoms with van der Waals surface area (Å²) in [6.45, 7) is 2.60. The quantitative estimate of drug-likeness (QED) is 0.697. The van der Waals surface area contributed by atoms with Crippen molar-refractivity contribution in [1.29, 1.82) is 0 Å². The Balaban J connectivity index is 2.40. The maximum atomic E-state index is 12.6. The summed E-state index contributed by atoms with van der Waals surface area (Å²) in [6.07, 6.45) is 0.889. The molecule has 0 bridgehead atoms. The molecule has 0 amide bonds. The standard InChI is InChI=1S/C16H14BrClO2/c1-2-10-20-14-9-4-3-6-11(14)16(19)12-7-5-8-13(17)15(12)18/h3-9H,2,10H2,1H3. The van der Waals surface area contributed by atoms with E-state index in [0.29, 0.717) is 33.0 Å². The lowest BCUT2D eigenvalue weighted by Crippen LogP contribution is -2.06. The maximum Gasteiger partial charge on any atom is 0.198 e. The number of para-hydroxylation sites is 1. The normalized spacial score (nSPS) is 10.3. The van der Waals surface area contributed by atoms with Crippen LogP contribution >= 0.6 is 27.5 Å². The van der Waals surface area contributed by atoms with Crippen molar-refractivity contribution in [3.8, 4) is 5.75 Å². The average Bonchev–Trinajstić information content (AvgIpc) is 2.47. The van der Waals surface area contributed by atoms with E-state index >= 15 is 0 Å². The molecule has 0 spiro atoms. The second kappa shape index (κ2) is 6.91. The molecule has 0 aliphatic heterocycles. The summed E-state index contributed by atoms with van der Waals surface area (Å²) in [4.78, 5) is 12.6. The van der Waals surface area contributed by atoms with Crippen LogP contribution in [0.15, 0.2) is 46.9 Å². The molecule has 0 saturated carbocycles. The van der Waals surface area contributed by atoms with E-state index in [-0.39, 0.29) is 5.78 Å². The summed E-state index contributed by atoms with van der Waals surface area (Å²) in [5.74, 6) is 0.457. The molecular weight excluding hydrogens is 340 g/mol. The molecule has 0 aliphatic rings. The Morgan fingerprint density at radius 3 is 2.60 bits per heavy atom. The summed E-state index contributed by atoms with van der Waals surface area (Å²) in [5.41, 5.74) is 0.995. The highest BCUT2D eigenvalue weighted by molar-refractivity contribution is 9.10. The second-order valence-electron chi connectivity index (χ2n) is 4.28. The average molecular weight is 354 g/mol. The van der Waals surface area contributed by atoms with E-state index in [1.54, 1.807) is 30.3 Å². The van der Waals surface area contributed by atoms with Gasteiger partial charge in [0, 0.05) is 10.0 Å². The predicted octanol–water partition coefficient (Wildman–Crippen LogP) is 5.12. The highest BCUT2D eigenvalue weighted by Gasteiger charge is 2.18. The van der Waals surface area contributed by atoms with E-state index < -0.39 is 0 Å². The molecule has 2 aromatic carbocycles. The number of halogens is 2. The third kappa shape index (κ3) is 3.22. The minimum atomic E-state index is -0.136. The number of hydrogen-bond donors (Lipinski definition) is 0. The van der Waals surface area contributed by atoms with Crippen molar-refractivity contribution in [2.45, 2.75) is 13.3 Å². The highest BCUT2D eigenvalue weighted by atomic mass is 79.9. The number of benzene rings is 2. The number of ketones is 1. The SMILES string of the molecule is CCCOc1ccccc1C(=O)c1cccc(Br)c1Cl. The van der Waals surface area contributed by atoms with Crippen molar-refractivity contribution < 1.29 is 9.53 Å². The fraction of sp³-hybridized carbons (Fsp3) is 0.188. The maximum absolute atomic E-state index is 12.6. The van der Waals surface area contributed by atoms with Crippen LogP contribution in [0.3, 0.4) is 0 Å². The third-order valence-corrected chi connectivity index (χ3v) is 4.09. The first kappa shape index (κ1) is 15.1. The van der Waals surface area contributed by atoms with Gasteiger partial charge in [0.05, 0.1) is 17.2 Å². The molecular formula is C16H14BrClO2. The fourth-order valence-electron chi connectivity index (χ4n) is 1.82. The molecule has 0 N–H and O–H groups in total. The first-order chi connectivity index (χ1) is 9.65. The second-order valence-corrected chi connectivity index (χ2v) is 5.51. The van der Waals surface area contributed by atoms with E-state index in [4.69, 9.17) is 16.3 Å². The first-order valence-electron chi connectivity index (χ1n) is 6.35. The molecule has 0 unspecified atom stereocenters. The van der Waals surface area contributed by atoms with Crippen molar-refractivity contribution in [3.63, 3.8) is 0 Å². The van der Waals surface area contributed by atoms with Crippen LogP contribution in [-0.4, -0.2) is 12.4 Å². The van der Waals surface area contributed by atoms with Gasteiger partial charge in [0.1, 0.15) is 5.75 Å². The van der Waals surface area contributed by atoms with Crippen molar-refractivity contribution in [3.05, 3.63) is 63.1 Å². The lowest BCUT2D eigenvalue weighted by Gasteiger charge is -2.11. The molecule has 0 radical (unpaired) electrons. The van der Waals surface area contributed by atoms with Gasteiger partial charge in [-0.1, -0.05) is 36.7 Å². The molecule has 2 aromatic rings. The Bertz CT molecular complexity index is 626. The van der Waals surface area contributed by atoms with Crippen LogP contribution < -0.4 is 4.74 Å². The van der Waals surface area contributed by atoms with Gasteiger partial charge in [-0.25, -0.2) is 0 Å². The molecule has 0 saturated heterocycles. The highest BCUT2D eigenvalue weighted by Crippen LogP contribution is 2.30. The van der Waals surface area contributed by atoms with Crippen LogP contribution in [0, 0.1) is 0 Å². The monoisotopic (exact) mass is 352 g/mol. The van der Waals surface area contributed by atoms with Crippen LogP contribution in [0.25, 0.3) is 0 Å². The largest absolute Gasteiger partial charge is 0.493 e. The summed E-state index contributed by atoms with van der Waals surface area (Å²) in [6, 6.07) is 12.5. The van der Waals surface area contributed by atoms with Crippen LogP contribution in [0.2, 0.25) is 5.02 Å². The minimum Gasteiger partial charge on any atom is -0.493 e. The van der Waals surface area contributed by atoms with Crippen LogP contribution in [0.4, 0.5) is 0 Å². The van der Waals surface area contributed by atoms with Gasteiger partial charge in [-0.05, 0) is 46.6 Å². The number of ether oxygens (including phenoxy) is 1. The zero-order valence-corrected chi connectivity index (χ0v) is 13.4. The van der Waals surface area contributed by atoms with Gasteiger partial charge >= 0.3 is 0 Å². The topological polar surface area (TPSA) is 26.3 Å². The lowest BCUT2D eigenvalue weighted by atomic mass is 10.0. The van der Waals surface area contributed by atoms with Gasteiger partial charge in [-0.3, -0.25) is 4.79 Å². The Morgan fingerprint density at radius 1 is 1.15 bits per heavy atom. The number of rotatable bonds is 5. The van der Waals surface area contributed by atoms with Crippen molar-refractivity contribution in [1.82, 2.24) is 0 Å². The molecule has 0 heterocycles. The molecule has 2 nitrogen and oxygen atoms in total. The van der Waals surface area contributed by atoms with Crippen LogP contribution in [0.5, 0.6) is 5.75 Å². The summed E-state index contributed by atoms with van der Waals surface area (Å²) in [5, 5.41) is 0.419. The predicted molar refractivity (Wildman–Crippen MR) is 84.8 cm³/mol. The number of carbonyl (C=O) groups is 1. The minimum absolute atomic E-state index is 0.136. The molecule has 104 valence electrons. The van der Waals surface area contributed by atoms with Gasteiger partial charge in [0.2, 0.25) is 0 Å². The lowest BCUT2D eigenvalue weighted by molar-refractivity contribution is 0.103. The molecule has 2 rings (SSSR count). The van der Waals surface area contributed by atoms with Gasteiger partial charge < -0.3 is 4.74 Å². The summed E-state index contributed by atoms with van der Waals surface area (Å²) in [7, 11) is 0. The Labute approximate surface area is 131 Å². The number of hydrogen-bond acceptors (Lipinski definition) is 2. The molecule has 0 fully saturated rings. The van der Waals surface area contributed by atoms with Gasteiger partial charge in [0.25, 0.3) is 0 Å². The summed E-state index contributed by atoms with van der Waals surface area (Å²) >= 11 is 9.52. The van der Waals surface area contributed by atoms with Crippen LogP contribution in [0.1, 0.15) is 29.3 Å². The smallest absolute Gasteiger partial charge is 0.198 e. The van der Waals surface area contributed by atoms with Crippen molar-refractivity contribution in [2.75, 3.05) is 6.61 Å². The fourth-order valence-corrected chi connectivity index (χ4v) is 2.39. The Hall–Kier alpha value is -1.32. The molecule has 4 heteroatoms. The molecule has 0 aromatic heterocycles. The van der Waals surface area contributed by atoms with Gasteiger partial charge in [-0.2, -0.15) is 0 Å². The molecule has 20 heavy (non-hydrogen) atoms. The summed E-state index contributed by atoms with van der Waals surface area (Å²) < 4.78 is 6.33. The van der Waals surface area contributed by atoms with Gasteiger partial charge in [-0.15, -0.1) is 0 Å².